The van der Waals surface area contributed by atoms with E-state index < -0.39 is 0 Å². The first-order chi connectivity index (χ1) is 8.70. The van der Waals surface area contributed by atoms with E-state index in [4.69, 9.17) is 0 Å². The molecule has 2 aliphatic heterocycles. The second-order valence-corrected chi connectivity index (χ2v) is 5.06. The molecule has 0 bridgehead atoms. The van der Waals surface area contributed by atoms with Gasteiger partial charge in [-0.25, -0.2) is 0 Å². The predicted molar refractivity (Wildman–Crippen MR) is 67.4 cm³/mol. The maximum atomic E-state index is 12.3. The van der Waals surface area contributed by atoms with Crippen LogP contribution in [0.4, 0.5) is 0 Å². The molecular weight excluding hydrogens is 228 g/mol. The number of piperidine rings is 1. The Bertz CT molecular complexity index is 477. The Kier molecular flexibility index (Phi) is 2.67. The molecular formula is C14H16N2O2. The quantitative estimate of drug-likeness (QED) is 0.757. The molecule has 0 aliphatic carbocycles. The van der Waals surface area contributed by atoms with Crippen molar-refractivity contribution in [3.05, 3.63) is 35.4 Å². The van der Waals surface area contributed by atoms with Crippen LogP contribution in [-0.4, -0.2) is 35.8 Å². The number of nitrogens with zero attached hydrogens (tertiary/aromatic N) is 1. The van der Waals surface area contributed by atoms with Crippen LogP contribution in [0.1, 0.15) is 34.1 Å². The Hall–Kier alpha value is -1.68. The molecule has 1 aromatic carbocycles. The number of amides is 2. The number of imide groups is 1. The largest absolute Gasteiger partial charge is 0.315 e. The third-order valence-electron chi connectivity index (χ3n) is 3.94. The summed E-state index contributed by atoms with van der Waals surface area (Å²) < 4.78 is 0. The second-order valence-electron chi connectivity index (χ2n) is 5.06. The normalized spacial score (nSPS) is 27.5. The highest BCUT2D eigenvalue weighted by atomic mass is 16.2. The molecule has 4 nitrogen and oxygen atoms in total. The molecule has 1 aromatic rings. The van der Waals surface area contributed by atoms with Gasteiger partial charge in [-0.2, -0.15) is 0 Å². The molecule has 0 spiro atoms. The molecule has 4 heteroatoms. The first-order valence-corrected chi connectivity index (χ1v) is 6.38. The first kappa shape index (κ1) is 11.4. The number of benzene rings is 1. The summed E-state index contributed by atoms with van der Waals surface area (Å²) in [5.41, 5.74) is 1.08. The van der Waals surface area contributed by atoms with E-state index in [2.05, 4.69) is 12.2 Å². The Labute approximate surface area is 106 Å². The van der Waals surface area contributed by atoms with Crippen LogP contribution in [0.25, 0.3) is 0 Å². The fraction of sp³-hybridized carbons (Fsp3) is 0.429. The average Bonchev–Trinajstić information content (AvgIpc) is 2.64. The molecule has 1 N–H and O–H groups in total. The van der Waals surface area contributed by atoms with Gasteiger partial charge in [0.2, 0.25) is 0 Å². The van der Waals surface area contributed by atoms with Crippen LogP contribution in [0.3, 0.4) is 0 Å². The molecule has 1 fully saturated rings. The third-order valence-corrected chi connectivity index (χ3v) is 3.94. The monoisotopic (exact) mass is 244 g/mol. The van der Waals surface area contributed by atoms with Gasteiger partial charge in [-0.3, -0.25) is 14.5 Å². The number of hydrogen-bond acceptors (Lipinski definition) is 3. The van der Waals surface area contributed by atoms with E-state index in [1.807, 2.05) is 0 Å². The minimum Gasteiger partial charge on any atom is -0.315 e. The SMILES string of the molecule is CC1CCNCC1N1C(=O)c2ccccc2C1=O. The van der Waals surface area contributed by atoms with Gasteiger partial charge < -0.3 is 5.32 Å². The average molecular weight is 244 g/mol. The fourth-order valence-electron chi connectivity index (χ4n) is 2.83. The van der Waals surface area contributed by atoms with Gasteiger partial charge >= 0.3 is 0 Å². The van der Waals surface area contributed by atoms with Gasteiger partial charge in [0.1, 0.15) is 0 Å². The molecule has 0 aromatic heterocycles. The Balaban J connectivity index is 1.96. The zero-order valence-corrected chi connectivity index (χ0v) is 10.3. The van der Waals surface area contributed by atoms with Crippen molar-refractivity contribution in [1.29, 1.82) is 0 Å². The summed E-state index contributed by atoms with van der Waals surface area (Å²) in [6, 6.07) is 7.05. The Morgan fingerprint density at radius 3 is 2.33 bits per heavy atom. The van der Waals surface area contributed by atoms with Crippen LogP contribution in [0.2, 0.25) is 0 Å². The smallest absolute Gasteiger partial charge is 0.261 e. The number of carbonyl (C=O) groups is 2. The number of nitrogens with one attached hydrogen (secondary N) is 1. The lowest BCUT2D eigenvalue weighted by molar-refractivity contribution is 0.0504. The van der Waals surface area contributed by atoms with E-state index in [-0.39, 0.29) is 17.9 Å². The minimum absolute atomic E-state index is 0.0221. The van der Waals surface area contributed by atoms with Crippen molar-refractivity contribution in [3.63, 3.8) is 0 Å². The molecule has 2 aliphatic rings. The molecule has 2 atom stereocenters. The van der Waals surface area contributed by atoms with Crippen LogP contribution in [-0.2, 0) is 0 Å². The van der Waals surface area contributed by atoms with Crippen molar-refractivity contribution >= 4 is 11.8 Å². The number of hydrogen-bond donors (Lipinski definition) is 1. The van der Waals surface area contributed by atoms with Crippen molar-refractivity contribution in [2.45, 2.75) is 19.4 Å². The molecule has 2 unspecified atom stereocenters. The van der Waals surface area contributed by atoms with E-state index in [1.54, 1.807) is 24.3 Å². The van der Waals surface area contributed by atoms with Crippen LogP contribution in [0, 0.1) is 5.92 Å². The highest BCUT2D eigenvalue weighted by Crippen LogP contribution is 2.28. The topological polar surface area (TPSA) is 49.4 Å². The predicted octanol–water partition coefficient (Wildman–Crippen LogP) is 1.28. The summed E-state index contributed by atoms with van der Waals surface area (Å²) in [7, 11) is 0. The Morgan fingerprint density at radius 1 is 1.17 bits per heavy atom. The van der Waals surface area contributed by atoms with E-state index >= 15 is 0 Å². The van der Waals surface area contributed by atoms with Gasteiger partial charge in [-0.15, -0.1) is 0 Å². The lowest BCUT2D eigenvalue weighted by atomic mass is 9.93. The fourth-order valence-corrected chi connectivity index (χ4v) is 2.83. The van der Waals surface area contributed by atoms with Crippen LogP contribution >= 0.6 is 0 Å². The molecule has 2 heterocycles. The third kappa shape index (κ3) is 1.56. The van der Waals surface area contributed by atoms with Gasteiger partial charge in [0.25, 0.3) is 11.8 Å². The molecule has 0 radical (unpaired) electrons. The zero-order valence-electron chi connectivity index (χ0n) is 10.3. The van der Waals surface area contributed by atoms with Crippen LogP contribution in [0.15, 0.2) is 24.3 Å². The Morgan fingerprint density at radius 2 is 1.78 bits per heavy atom. The number of fused-ring (bicyclic) bond motifs is 1. The van der Waals surface area contributed by atoms with Gasteiger partial charge in [0, 0.05) is 6.54 Å². The lowest BCUT2D eigenvalue weighted by Crippen LogP contribution is -2.52. The van der Waals surface area contributed by atoms with Crippen molar-refractivity contribution in [3.8, 4) is 0 Å². The van der Waals surface area contributed by atoms with Gasteiger partial charge in [0.15, 0.2) is 0 Å². The van der Waals surface area contributed by atoms with Gasteiger partial charge in [-0.1, -0.05) is 19.1 Å². The van der Waals surface area contributed by atoms with E-state index in [0.717, 1.165) is 13.0 Å². The maximum Gasteiger partial charge on any atom is 0.261 e. The summed E-state index contributed by atoms with van der Waals surface area (Å²) in [4.78, 5) is 26.1. The zero-order chi connectivity index (χ0) is 12.7. The second kappa shape index (κ2) is 4.21. The van der Waals surface area contributed by atoms with Crippen molar-refractivity contribution < 1.29 is 9.59 Å². The molecule has 0 saturated carbocycles. The summed E-state index contributed by atoms with van der Waals surface area (Å²) in [6.07, 6.45) is 0.998. The molecule has 94 valence electrons. The summed E-state index contributed by atoms with van der Waals surface area (Å²) in [5.74, 6) is 0.0702. The molecule has 18 heavy (non-hydrogen) atoms. The lowest BCUT2D eigenvalue weighted by Gasteiger charge is -2.35. The maximum absolute atomic E-state index is 12.3. The van der Waals surface area contributed by atoms with Gasteiger partial charge in [-0.05, 0) is 31.0 Å². The van der Waals surface area contributed by atoms with E-state index in [9.17, 15) is 9.59 Å². The van der Waals surface area contributed by atoms with Crippen LogP contribution < -0.4 is 5.32 Å². The standard InChI is InChI=1S/C14H16N2O2/c1-9-6-7-15-8-12(9)16-13(17)10-4-2-3-5-11(10)14(16)18/h2-5,9,12,15H,6-8H2,1H3. The molecule has 1 saturated heterocycles. The molecule has 2 amide bonds. The van der Waals surface area contributed by atoms with E-state index in [0.29, 0.717) is 23.6 Å². The first-order valence-electron chi connectivity index (χ1n) is 6.38. The summed E-state index contributed by atoms with van der Waals surface area (Å²) in [5, 5.41) is 3.26. The van der Waals surface area contributed by atoms with Crippen molar-refractivity contribution in [1.82, 2.24) is 10.2 Å². The number of carbonyl (C=O) groups excluding carboxylic acids is 2. The van der Waals surface area contributed by atoms with E-state index in [1.165, 1.54) is 4.90 Å². The number of rotatable bonds is 1. The summed E-state index contributed by atoms with van der Waals surface area (Å²) in [6.45, 7) is 3.77. The summed E-state index contributed by atoms with van der Waals surface area (Å²) >= 11 is 0. The molecule has 3 rings (SSSR count). The highest BCUT2D eigenvalue weighted by molar-refractivity contribution is 6.21. The van der Waals surface area contributed by atoms with Crippen LogP contribution in [0.5, 0.6) is 0 Å². The highest BCUT2D eigenvalue weighted by Gasteiger charge is 2.42. The van der Waals surface area contributed by atoms with Gasteiger partial charge in [0.05, 0.1) is 17.2 Å². The van der Waals surface area contributed by atoms with Crippen molar-refractivity contribution in [2.75, 3.05) is 13.1 Å². The van der Waals surface area contributed by atoms with Crippen molar-refractivity contribution in [2.24, 2.45) is 5.92 Å². The minimum atomic E-state index is -0.142.